The standard InChI is InChI=1S/C13H22F4N2O/c1-8(2)19-6-10(13(16,17)7-19)20-9-4-3-5-12(14,15)11(9)18/h8-11H,3-7,18H2,1-2H3/t9-,10+,11+/m0/s1. The van der Waals surface area contributed by atoms with Gasteiger partial charge in [-0.15, -0.1) is 0 Å². The molecule has 2 N–H and O–H groups in total. The van der Waals surface area contributed by atoms with E-state index in [1.54, 1.807) is 4.90 Å². The van der Waals surface area contributed by atoms with Crippen LogP contribution in [0.4, 0.5) is 17.6 Å². The fourth-order valence-corrected chi connectivity index (χ4v) is 2.84. The normalized spacial score (nSPS) is 37.5. The molecule has 118 valence electrons. The van der Waals surface area contributed by atoms with Crippen LogP contribution in [0.25, 0.3) is 0 Å². The van der Waals surface area contributed by atoms with Crippen molar-refractivity contribution in [3.8, 4) is 0 Å². The van der Waals surface area contributed by atoms with Crippen LogP contribution in [-0.2, 0) is 4.74 Å². The van der Waals surface area contributed by atoms with Gasteiger partial charge < -0.3 is 10.5 Å². The predicted octanol–water partition coefficient (Wildman–Crippen LogP) is 2.25. The van der Waals surface area contributed by atoms with Crippen LogP contribution in [-0.4, -0.2) is 54.1 Å². The first-order valence-electron chi connectivity index (χ1n) is 7.04. The maximum atomic E-state index is 13.9. The maximum Gasteiger partial charge on any atom is 0.287 e. The number of nitrogens with two attached hydrogens (primary N) is 1. The largest absolute Gasteiger partial charge is 0.365 e. The van der Waals surface area contributed by atoms with Gasteiger partial charge in [-0.1, -0.05) is 0 Å². The zero-order chi connectivity index (χ0) is 15.1. The lowest BCUT2D eigenvalue weighted by molar-refractivity contribution is -0.173. The summed E-state index contributed by atoms with van der Waals surface area (Å²) in [6.07, 6.45) is -2.09. The van der Waals surface area contributed by atoms with Gasteiger partial charge in [0, 0.05) is 19.0 Å². The summed E-state index contributed by atoms with van der Waals surface area (Å²) in [6, 6.07) is -1.53. The van der Waals surface area contributed by atoms with Crippen LogP contribution in [0.1, 0.15) is 33.1 Å². The number of ether oxygens (including phenoxy) is 1. The highest BCUT2D eigenvalue weighted by Crippen LogP contribution is 2.38. The topological polar surface area (TPSA) is 38.5 Å². The van der Waals surface area contributed by atoms with Crippen molar-refractivity contribution in [2.24, 2.45) is 5.73 Å². The van der Waals surface area contributed by atoms with Gasteiger partial charge in [-0.25, -0.2) is 17.6 Å². The van der Waals surface area contributed by atoms with Crippen LogP contribution in [0, 0.1) is 0 Å². The van der Waals surface area contributed by atoms with Crippen molar-refractivity contribution in [2.45, 2.75) is 69.2 Å². The third-order valence-electron chi connectivity index (χ3n) is 4.24. The second-order valence-corrected chi connectivity index (χ2v) is 6.13. The number of rotatable bonds is 3. The third kappa shape index (κ3) is 3.09. The number of alkyl halides is 4. The van der Waals surface area contributed by atoms with E-state index in [4.69, 9.17) is 10.5 Å². The number of nitrogens with zero attached hydrogens (tertiary/aromatic N) is 1. The summed E-state index contributed by atoms with van der Waals surface area (Å²) in [5.74, 6) is -6.05. The lowest BCUT2D eigenvalue weighted by Crippen LogP contribution is -2.55. The molecule has 1 saturated carbocycles. The van der Waals surface area contributed by atoms with Crippen LogP contribution in [0.5, 0.6) is 0 Å². The van der Waals surface area contributed by atoms with Crippen molar-refractivity contribution in [3.63, 3.8) is 0 Å². The van der Waals surface area contributed by atoms with Crippen molar-refractivity contribution in [2.75, 3.05) is 13.1 Å². The van der Waals surface area contributed by atoms with Crippen molar-refractivity contribution < 1.29 is 22.3 Å². The number of hydrogen-bond donors (Lipinski definition) is 1. The average Bonchev–Trinajstić information content (AvgIpc) is 2.61. The Labute approximate surface area is 116 Å². The highest BCUT2D eigenvalue weighted by molar-refractivity contribution is 4.97. The minimum Gasteiger partial charge on any atom is -0.365 e. The second kappa shape index (κ2) is 5.42. The van der Waals surface area contributed by atoms with E-state index in [1.807, 2.05) is 13.8 Å². The van der Waals surface area contributed by atoms with Crippen molar-refractivity contribution in [1.29, 1.82) is 0 Å². The molecule has 1 heterocycles. The Bertz CT molecular complexity index is 351. The molecule has 20 heavy (non-hydrogen) atoms. The van der Waals surface area contributed by atoms with Gasteiger partial charge in [-0.2, -0.15) is 0 Å². The minimum atomic E-state index is -3.03. The molecule has 0 aromatic rings. The van der Waals surface area contributed by atoms with Gasteiger partial charge in [-0.3, -0.25) is 4.90 Å². The van der Waals surface area contributed by atoms with Gasteiger partial charge in [0.05, 0.1) is 18.7 Å². The molecule has 2 rings (SSSR count). The van der Waals surface area contributed by atoms with E-state index >= 15 is 0 Å². The molecular weight excluding hydrogens is 276 g/mol. The number of halogens is 4. The molecule has 1 saturated heterocycles. The minimum absolute atomic E-state index is 0.0315. The van der Waals surface area contributed by atoms with Gasteiger partial charge in [0.1, 0.15) is 6.10 Å². The molecule has 3 atom stereocenters. The molecule has 3 nitrogen and oxygen atoms in total. The van der Waals surface area contributed by atoms with Crippen molar-refractivity contribution >= 4 is 0 Å². The molecule has 0 bridgehead atoms. The third-order valence-corrected chi connectivity index (χ3v) is 4.24. The second-order valence-electron chi connectivity index (χ2n) is 6.13. The Hall–Kier alpha value is -0.400. The Balaban J connectivity index is 2.02. The molecule has 0 unspecified atom stereocenters. The molecule has 0 spiro atoms. The first-order valence-corrected chi connectivity index (χ1v) is 7.04. The summed E-state index contributed by atoms with van der Waals surface area (Å²) in [5, 5.41) is 0. The van der Waals surface area contributed by atoms with Gasteiger partial charge >= 0.3 is 0 Å². The lowest BCUT2D eigenvalue weighted by Gasteiger charge is -2.37. The highest BCUT2D eigenvalue weighted by Gasteiger charge is 2.53. The monoisotopic (exact) mass is 298 g/mol. The molecule has 1 aliphatic carbocycles. The quantitative estimate of drug-likeness (QED) is 0.812. The Morgan fingerprint density at radius 2 is 1.85 bits per heavy atom. The van der Waals surface area contributed by atoms with Crippen molar-refractivity contribution in [1.82, 2.24) is 4.90 Å². The molecule has 2 fully saturated rings. The van der Waals surface area contributed by atoms with Gasteiger partial charge in [0.15, 0.2) is 0 Å². The smallest absolute Gasteiger partial charge is 0.287 e. The zero-order valence-corrected chi connectivity index (χ0v) is 11.8. The Morgan fingerprint density at radius 1 is 1.20 bits per heavy atom. The number of hydrogen-bond acceptors (Lipinski definition) is 3. The Kier molecular flexibility index (Phi) is 4.33. The predicted molar refractivity (Wildman–Crippen MR) is 67.1 cm³/mol. The summed E-state index contributed by atoms with van der Waals surface area (Å²) in [5.41, 5.74) is 5.48. The summed E-state index contributed by atoms with van der Waals surface area (Å²) >= 11 is 0. The molecular formula is C13H22F4N2O. The van der Waals surface area contributed by atoms with Crippen LogP contribution < -0.4 is 5.73 Å². The van der Waals surface area contributed by atoms with E-state index < -0.39 is 36.6 Å². The van der Waals surface area contributed by atoms with E-state index in [-0.39, 0.29) is 25.4 Å². The highest BCUT2D eigenvalue weighted by atomic mass is 19.3. The van der Waals surface area contributed by atoms with Crippen LogP contribution >= 0.6 is 0 Å². The summed E-state index contributed by atoms with van der Waals surface area (Å²) in [6.45, 7) is 3.30. The number of likely N-dealkylation sites (tertiary alicyclic amines) is 1. The summed E-state index contributed by atoms with van der Waals surface area (Å²) < 4.78 is 60.1. The van der Waals surface area contributed by atoms with Crippen LogP contribution in [0.3, 0.4) is 0 Å². The SMILES string of the molecule is CC(C)N1C[C@@H](O[C@H]2CCCC(F)(F)[C@@H]2N)C(F)(F)C1. The molecule has 7 heteroatoms. The fourth-order valence-electron chi connectivity index (χ4n) is 2.84. The molecule has 0 radical (unpaired) electrons. The van der Waals surface area contributed by atoms with Crippen LogP contribution in [0.2, 0.25) is 0 Å². The van der Waals surface area contributed by atoms with E-state index in [0.717, 1.165) is 0 Å². The van der Waals surface area contributed by atoms with Crippen molar-refractivity contribution in [3.05, 3.63) is 0 Å². The zero-order valence-electron chi connectivity index (χ0n) is 11.8. The van der Waals surface area contributed by atoms with E-state index in [2.05, 4.69) is 0 Å². The maximum absolute atomic E-state index is 13.9. The Morgan fingerprint density at radius 3 is 2.40 bits per heavy atom. The molecule has 0 aromatic carbocycles. The molecule has 2 aliphatic rings. The summed E-state index contributed by atoms with van der Waals surface area (Å²) in [4.78, 5) is 1.59. The lowest BCUT2D eigenvalue weighted by atomic mass is 9.89. The van der Waals surface area contributed by atoms with E-state index in [0.29, 0.717) is 6.42 Å². The average molecular weight is 298 g/mol. The summed E-state index contributed by atoms with van der Waals surface area (Å²) in [7, 11) is 0. The molecule has 0 amide bonds. The fraction of sp³-hybridized carbons (Fsp3) is 1.00. The van der Waals surface area contributed by atoms with Gasteiger partial charge in [0.2, 0.25) is 0 Å². The molecule has 1 aliphatic heterocycles. The first-order chi connectivity index (χ1) is 9.13. The van der Waals surface area contributed by atoms with Crippen LogP contribution in [0.15, 0.2) is 0 Å². The van der Waals surface area contributed by atoms with E-state index in [9.17, 15) is 17.6 Å². The van der Waals surface area contributed by atoms with E-state index in [1.165, 1.54) is 0 Å². The van der Waals surface area contributed by atoms with Gasteiger partial charge in [0.25, 0.3) is 11.8 Å². The van der Waals surface area contributed by atoms with Gasteiger partial charge in [-0.05, 0) is 26.7 Å². The molecule has 0 aromatic heterocycles. The first kappa shape index (κ1) is 16.0.